The summed E-state index contributed by atoms with van der Waals surface area (Å²) >= 11 is 0. The quantitative estimate of drug-likeness (QED) is 0.864. The third-order valence-electron chi connectivity index (χ3n) is 4.84. The predicted octanol–water partition coefficient (Wildman–Crippen LogP) is 3.37. The molecular formula is C17H25NO3. The monoisotopic (exact) mass is 291 g/mol. The molecule has 3 rings (SSSR count). The van der Waals surface area contributed by atoms with Gasteiger partial charge in [0.25, 0.3) is 0 Å². The molecule has 2 aliphatic rings. The van der Waals surface area contributed by atoms with Gasteiger partial charge in [0.2, 0.25) is 0 Å². The molecule has 0 radical (unpaired) electrons. The van der Waals surface area contributed by atoms with Crippen molar-refractivity contribution in [1.82, 2.24) is 5.32 Å². The average Bonchev–Trinajstić information content (AvgIpc) is 2.98. The van der Waals surface area contributed by atoms with Gasteiger partial charge in [-0.25, -0.2) is 0 Å². The van der Waals surface area contributed by atoms with Crippen LogP contribution in [0.5, 0.6) is 0 Å². The molecule has 1 N–H and O–H groups in total. The van der Waals surface area contributed by atoms with E-state index in [1.54, 1.807) is 0 Å². The SMILES string of the molecule is CCOC(=O)C1CCC(NC2CCCc3occc32)CC1. The molecule has 116 valence electrons. The van der Waals surface area contributed by atoms with Gasteiger partial charge in [0.1, 0.15) is 5.76 Å². The van der Waals surface area contributed by atoms with E-state index in [0.717, 1.165) is 37.9 Å². The topological polar surface area (TPSA) is 51.5 Å². The first-order valence-electron chi connectivity index (χ1n) is 8.27. The second kappa shape index (κ2) is 6.65. The highest BCUT2D eigenvalue weighted by atomic mass is 16.5. The highest BCUT2D eigenvalue weighted by Crippen LogP contribution is 2.33. The lowest BCUT2D eigenvalue weighted by Gasteiger charge is -2.32. The zero-order chi connectivity index (χ0) is 14.7. The summed E-state index contributed by atoms with van der Waals surface area (Å²) in [5.74, 6) is 1.25. The minimum Gasteiger partial charge on any atom is -0.469 e. The Kier molecular flexibility index (Phi) is 4.63. The van der Waals surface area contributed by atoms with Crippen molar-refractivity contribution in [2.45, 2.75) is 64.0 Å². The molecule has 1 saturated carbocycles. The van der Waals surface area contributed by atoms with Crippen molar-refractivity contribution in [3.63, 3.8) is 0 Å². The number of rotatable bonds is 4. The van der Waals surface area contributed by atoms with Crippen molar-refractivity contribution in [1.29, 1.82) is 0 Å². The Balaban J connectivity index is 1.51. The molecule has 0 bridgehead atoms. The van der Waals surface area contributed by atoms with Gasteiger partial charge in [0.15, 0.2) is 0 Å². The second-order valence-corrected chi connectivity index (χ2v) is 6.21. The largest absolute Gasteiger partial charge is 0.469 e. The van der Waals surface area contributed by atoms with Gasteiger partial charge in [-0.1, -0.05) is 0 Å². The molecule has 0 amide bonds. The molecule has 0 aliphatic heterocycles. The third kappa shape index (κ3) is 3.31. The van der Waals surface area contributed by atoms with E-state index in [0.29, 0.717) is 18.7 Å². The summed E-state index contributed by atoms with van der Waals surface area (Å²) in [4.78, 5) is 11.8. The van der Waals surface area contributed by atoms with E-state index < -0.39 is 0 Å². The minimum atomic E-state index is -0.00858. The number of hydrogen-bond donors (Lipinski definition) is 1. The molecule has 21 heavy (non-hydrogen) atoms. The van der Waals surface area contributed by atoms with Crippen LogP contribution in [0.3, 0.4) is 0 Å². The summed E-state index contributed by atoms with van der Waals surface area (Å²) in [6, 6.07) is 3.05. The van der Waals surface area contributed by atoms with Gasteiger partial charge in [-0.15, -0.1) is 0 Å². The molecule has 4 nitrogen and oxygen atoms in total. The van der Waals surface area contributed by atoms with Crippen molar-refractivity contribution < 1.29 is 13.9 Å². The van der Waals surface area contributed by atoms with Crippen LogP contribution in [-0.2, 0) is 16.0 Å². The molecule has 2 aliphatic carbocycles. The molecule has 1 aromatic rings. The van der Waals surface area contributed by atoms with Crippen molar-refractivity contribution in [2.24, 2.45) is 5.92 Å². The third-order valence-corrected chi connectivity index (χ3v) is 4.84. The van der Waals surface area contributed by atoms with Crippen LogP contribution in [0.15, 0.2) is 16.7 Å². The molecule has 4 heteroatoms. The summed E-state index contributed by atoms with van der Waals surface area (Å²) < 4.78 is 10.7. The van der Waals surface area contributed by atoms with Crippen LogP contribution in [0.1, 0.15) is 62.8 Å². The number of furan rings is 1. The first-order valence-corrected chi connectivity index (χ1v) is 8.27. The minimum absolute atomic E-state index is 0.00858. The van der Waals surface area contributed by atoms with Gasteiger partial charge < -0.3 is 14.5 Å². The predicted molar refractivity (Wildman–Crippen MR) is 79.9 cm³/mol. The smallest absolute Gasteiger partial charge is 0.308 e. The second-order valence-electron chi connectivity index (χ2n) is 6.21. The molecule has 1 heterocycles. The number of hydrogen-bond acceptors (Lipinski definition) is 4. The lowest BCUT2D eigenvalue weighted by molar-refractivity contribution is -0.149. The number of carbonyl (C=O) groups is 1. The first kappa shape index (κ1) is 14.6. The number of fused-ring (bicyclic) bond motifs is 1. The lowest BCUT2D eigenvalue weighted by Crippen LogP contribution is -2.38. The fourth-order valence-electron chi connectivity index (χ4n) is 3.70. The van der Waals surface area contributed by atoms with E-state index in [-0.39, 0.29) is 11.9 Å². The van der Waals surface area contributed by atoms with Gasteiger partial charge in [-0.3, -0.25) is 4.79 Å². The number of nitrogens with one attached hydrogen (secondary N) is 1. The standard InChI is InChI=1S/C17H25NO3/c1-2-20-17(19)12-6-8-13(9-7-12)18-15-4-3-5-16-14(15)10-11-21-16/h10-13,15,18H,2-9H2,1H3. The Labute approximate surface area is 126 Å². The highest BCUT2D eigenvalue weighted by molar-refractivity contribution is 5.72. The summed E-state index contributed by atoms with van der Waals surface area (Å²) in [6.07, 6.45) is 9.27. The number of carbonyl (C=O) groups excluding carboxylic acids is 1. The first-order chi connectivity index (χ1) is 10.3. The van der Waals surface area contributed by atoms with Gasteiger partial charge >= 0.3 is 5.97 Å². The van der Waals surface area contributed by atoms with Crippen LogP contribution in [0, 0.1) is 5.92 Å². The van der Waals surface area contributed by atoms with Crippen LogP contribution in [0.2, 0.25) is 0 Å². The van der Waals surface area contributed by atoms with E-state index in [1.165, 1.54) is 18.4 Å². The van der Waals surface area contributed by atoms with Crippen molar-refractivity contribution in [3.05, 3.63) is 23.7 Å². The van der Waals surface area contributed by atoms with Crippen molar-refractivity contribution in [2.75, 3.05) is 6.61 Å². The Morgan fingerprint density at radius 1 is 1.33 bits per heavy atom. The average molecular weight is 291 g/mol. The summed E-state index contributed by atoms with van der Waals surface area (Å²) in [5, 5.41) is 3.78. The van der Waals surface area contributed by atoms with Gasteiger partial charge in [-0.2, -0.15) is 0 Å². The maximum Gasteiger partial charge on any atom is 0.308 e. The van der Waals surface area contributed by atoms with Crippen LogP contribution >= 0.6 is 0 Å². The molecule has 1 atom stereocenters. The van der Waals surface area contributed by atoms with E-state index in [9.17, 15) is 4.79 Å². The van der Waals surface area contributed by atoms with Crippen molar-refractivity contribution in [3.8, 4) is 0 Å². The van der Waals surface area contributed by atoms with E-state index in [4.69, 9.17) is 9.15 Å². The van der Waals surface area contributed by atoms with Crippen molar-refractivity contribution >= 4 is 5.97 Å². The molecule has 0 spiro atoms. The van der Waals surface area contributed by atoms with E-state index in [2.05, 4.69) is 11.4 Å². The summed E-state index contributed by atoms with van der Waals surface area (Å²) in [6.45, 7) is 2.36. The molecular weight excluding hydrogens is 266 g/mol. The molecule has 0 aromatic carbocycles. The maximum atomic E-state index is 11.8. The highest BCUT2D eigenvalue weighted by Gasteiger charge is 2.30. The van der Waals surface area contributed by atoms with Crippen LogP contribution in [0.4, 0.5) is 0 Å². The summed E-state index contributed by atoms with van der Waals surface area (Å²) in [5.41, 5.74) is 1.34. The van der Waals surface area contributed by atoms with Gasteiger partial charge in [-0.05, 0) is 51.5 Å². The van der Waals surface area contributed by atoms with E-state index >= 15 is 0 Å². The summed E-state index contributed by atoms with van der Waals surface area (Å²) in [7, 11) is 0. The van der Waals surface area contributed by atoms with Gasteiger partial charge in [0.05, 0.1) is 18.8 Å². The molecule has 1 fully saturated rings. The van der Waals surface area contributed by atoms with Gasteiger partial charge in [0, 0.05) is 24.1 Å². The number of esters is 1. The van der Waals surface area contributed by atoms with Crippen LogP contribution in [0.25, 0.3) is 0 Å². The lowest BCUT2D eigenvalue weighted by atomic mass is 9.84. The zero-order valence-electron chi connectivity index (χ0n) is 12.8. The van der Waals surface area contributed by atoms with Crippen LogP contribution < -0.4 is 5.32 Å². The maximum absolute atomic E-state index is 11.8. The fourth-order valence-corrected chi connectivity index (χ4v) is 3.70. The van der Waals surface area contributed by atoms with Crippen LogP contribution in [-0.4, -0.2) is 18.6 Å². The zero-order valence-corrected chi connectivity index (χ0v) is 12.8. The Hall–Kier alpha value is -1.29. The van der Waals surface area contributed by atoms with E-state index in [1.807, 2.05) is 13.2 Å². The Morgan fingerprint density at radius 2 is 2.14 bits per heavy atom. The number of ether oxygens (including phenoxy) is 1. The normalized spacial score (nSPS) is 28.9. The fraction of sp³-hybridized carbons (Fsp3) is 0.706. The number of aryl methyl sites for hydroxylation is 1. The Bertz CT molecular complexity index is 474. The Morgan fingerprint density at radius 3 is 2.90 bits per heavy atom. The molecule has 1 unspecified atom stereocenters. The molecule has 0 saturated heterocycles. The molecule has 1 aromatic heterocycles.